The van der Waals surface area contributed by atoms with E-state index in [0.29, 0.717) is 29.2 Å². The number of rotatable bonds is 6. The van der Waals surface area contributed by atoms with E-state index in [4.69, 9.17) is 16.3 Å². The maximum absolute atomic E-state index is 13.6. The number of para-hydroxylation sites is 1. The van der Waals surface area contributed by atoms with Gasteiger partial charge in [-0.15, -0.1) is 0 Å². The number of carbonyl (C=O) groups excluding carboxylic acids is 2. The maximum atomic E-state index is 13.6. The fourth-order valence-electron chi connectivity index (χ4n) is 2.97. The van der Waals surface area contributed by atoms with Crippen LogP contribution in [0.1, 0.15) is 23.2 Å². The summed E-state index contributed by atoms with van der Waals surface area (Å²) < 4.78 is 19.0. The van der Waals surface area contributed by atoms with Crippen LogP contribution in [0.15, 0.2) is 42.5 Å². The summed E-state index contributed by atoms with van der Waals surface area (Å²) >= 11 is 6.08. The van der Waals surface area contributed by atoms with Crippen LogP contribution < -0.4 is 9.64 Å². The number of hydrogen-bond donors (Lipinski definition) is 0. The smallest absolute Gasteiger partial charge is 0.255 e. The van der Waals surface area contributed by atoms with Crippen LogP contribution in [-0.2, 0) is 4.79 Å². The molecule has 0 N–H and O–H groups in total. The van der Waals surface area contributed by atoms with E-state index in [1.807, 2.05) is 0 Å². The van der Waals surface area contributed by atoms with Gasteiger partial charge in [0.1, 0.15) is 6.61 Å². The molecule has 142 valence electrons. The van der Waals surface area contributed by atoms with E-state index in [1.54, 1.807) is 42.3 Å². The molecule has 0 atom stereocenters. The number of likely N-dealkylation sites (N-methyl/N-ethyl adjacent to an activating group) is 1. The average molecular weight is 391 g/mol. The van der Waals surface area contributed by atoms with Crippen LogP contribution in [0.5, 0.6) is 5.75 Å². The van der Waals surface area contributed by atoms with Crippen molar-refractivity contribution in [2.45, 2.75) is 12.8 Å². The lowest BCUT2D eigenvalue weighted by Gasteiger charge is -2.23. The van der Waals surface area contributed by atoms with Gasteiger partial charge in [0.25, 0.3) is 5.91 Å². The topological polar surface area (TPSA) is 49.9 Å². The first-order valence-electron chi connectivity index (χ1n) is 8.70. The Morgan fingerprint density at radius 2 is 2.07 bits per heavy atom. The molecule has 0 radical (unpaired) electrons. The normalized spacial score (nSPS) is 13.7. The molecule has 7 heteroatoms. The van der Waals surface area contributed by atoms with E-state index in [0.717, 1.165) is 6.42 Å². The van der Waals surface area contributed by atoms with Crippen molar-refractivity contribution in [3.8, 4) is 5.75 Å². The number of hydrogen-bond acceptors (Lipinski definition) is 3. The molecule has 0 saturated carbocycles. The van der Waals surface area contributed by atoms with Gasteiger partial charge in [0.15, 0.2) is 11.6 Å². The lowest BCUT2D eigenvalue weighted by Crippen LogP contribution is -2.33. The molecule has 1 heterocycles. The predicted octanol–water partition coefficient (Wildman–Crippen LogP) is 3.76. The van der Waals surface area contributed by atoms with E-state index in [9.17, 15) is 14.0 Å². The fourth-order valence-corrected chi connectivity index (χ4v) is 3.14. The summed E-state index contributed by atoms with van der Waals surface area (Å²) in [6.45, 7) is 0.984. The van der Waals surface area contributed by atoms with Crippen LogP contribution in [-0.4, -0.2) is 43.5 Å². The highest BCUT2D eigenvalue weighted by molar-refractivity contribution is 6.31. The molecule has 2 aromatic carbocycles. The zero-order valence-corrected chi connectivity index (χ0v) is 15.7. The average Bonchev–Trinajstić information content (AvgIpc) is 3.08. The van der Waals surface area contributed by atoms with Gasteiger partial charge in [0.2, 0.25) is 5.91 Å². The van der Waals surface area contributed by atoms with Gasteiger partial charge in [0, 0.05) is 25.0 Å². The lowest BCUT2D eigenvalue weighted by atomic mass is 10.1. The summed E-state index contributed by atoms with van der Waals surface area (Å²) in [4.78, 5) is 28.0. The highest BCUT2D eigenvalue weighted by Gasteiger charge is 2.27. The Balaban J connectivity index is 1.69. The zero-order valence-electron chi connectivity index (χ0n) is 15.0. The first-order valence-corrected chi connectivity index (χ1v) is 9.08. The number of halogens is 2. The molecule has 1 saturated heterocycles. The van der Waals surface area contributed by atoms with Crippen molar-refractivity contribution in [3.05, 3.63) is 58.9 Å². The Morgan fingerprint density at radius 1 is 1.30 bits per heavy atom. The number of ether oxygens (including phenoxy) is 1. The Morgan fingerprint density at radius 3 is 2.78 bits per heavy atom. The zero-order chi connectivity index (χ0) is 19.4. The van der Waals surface area contributed by atoms with Crippen LogP contribution >= 0.6 is 11.6 Å². The highest BCUT2D eigenvalue weighted by atomic mass is 35.5. The fraction of sp³-hybridized carbons (Fsp3) is 0.300. The standard InChI is InChI=1S/C20H20ClFN2O3/c1-23(11-12-27-18-6-3-2-5-16(18)22)20(26)15-9-8-14(21)13-17(15)24-10-4-7-19(24)25/h2-3,5-6,8-9,13H,4,7,10-12H2,1H3. The molecule has 1 aliphatic heterocycles. The van der Waals surface area contributed by atoms with Crippen molar-refractivity contribution in [2.24, 2.45) is 0 Å². The summed E-state index contributed by atoms with van der Waals surface area (Å²) in [6.07, 6.45) is 1.22. The van der Waals surface area contributed by atoms with Gasteiger partial charge in [-0.25, -0.2) is 4.39 Å². The molecular formula is C20H20ClFN2O3. The molecular weight excluding hydrogens is 371 g/mol. The lowest BCUT2D eigenvalue weighted by molar-refractivity contribution is -0.117. The first kappa shape index (κ1) is 19.2. The predicted molar refractivity (Wildman–Crippen MR) is 102 cm³/mol. The molecule has 1 fully saturated rings. The van der Waals surface area contributed by atoms with Crippen molar-refractivity contribution in [2.75, 3.05) is 31.6 Å². The molecule has 2 amide bonds. The van der Waals surface area contributed by atoms with E-state index < -0.39 is 5.82 Å². The van der Waals surface area contributed by atoms with Crippen LogP contribution in [0.4, 0.5) is 10.1 Å². The Kier molecular flexibility index (Phi) is 5.96. The van der Waals surface area contributed by atoms with Gasteiger partial charge in [-0.05, 0) is 36.8 Å². The molecule has 0 bridgehead atoms. The second kappa shape index (κ2) is 8.39. The van der Waals surface area contributed by atoms with Crippen molar-refractivity contribution < 1.29 is 18.7 Å². The first-order chi connectivity index (χ1) is 13.0. The maximum Gasteiger partial charge on any atom is 0.255 e. The van der Waals surface area contributed by atoms with Gasteiger partial charge in [-0.1, -0.05) is 23.7 Å². The van der Waals surface area contributed by atoms with Crippen LogP contribution in [0, 0.1) is 5.82 Å². The number of benzene rings is 2. The number of amides is 2. The van der Waals surface area contributed by atoms with Gasteiger partial charge in [0.05, 0.1) is 17.8 Å². The van der Waals surface area contributed by atoms with E-state index in [2.05, 4.69) is 0 Å². The number of anilines is 1. The second-order valence-electron chi connectivity index (χ2n) is 6.32. The van der Waals surface area contributed by atoms with Crippen molar-refractivity contribution in [1.82, 2.24) is 4.90 Å². The minimum absolute atomic E-state index is 0.0168. The Hall–Kier alpha value is -2.60. The summed E-state index contributed by atoms with van der Waals surface area (Å²) in [5.74, 6) is -0.567. The molecule has 2 aromatic rings. The summed E-state index contributed by atoms with van der Waals surface area (Å²) in [5.41, 5.74) is 0.930. The van der Waals surface area contributed by atoms with Crippen molar-refractivity contribution in [1.29, 1.82) is 0 Å². The number of carbonyl (C=O) groups is 2. The molecule has 3 rings (SSSR count). The Bertz CT molecular complexity index is 859. The second-order valence-corrected chi connectivity index (χ2v) is 6.75. The quantitative estimate of drug-likeness (QED) is 0.754. The van der Waals surface area contributed by atoms with Crippen LogP contribution in [0.25, 0.3) is 0 Å². The molecule has 0 unspecified atom stereocenters. The van der Waals surface area contributed by atoms with Crippen LogP contribution in [0.2, 0.25) is 5.02 Å². The molecule has 0 aliphatic carbocycles. The molecule has 0 aromatic heterocycles. The number of nitrogens with zero attached hydrogens (tertiary/aromatic N) is 2. The molecule has 27 heavy (non-hydrogen) atoms. The van der Waals surface area contributed by atoms with Gasteiger partial charge in [-0.2, -0.15) is 0 Å². The minimum atomic E-state index is -0.445. The third-order valence-corrected chi connectivity index (χ3v) is 4.66. The highest BCUT2D eigenvalue weighted by Crippen LogP contribution is 2.29. The summed E-state index contributed by atoms with van der Waals surface area (Å²) in [7, 11) is 1.64. The molecule has 5 nitrogen and oxygen atoms in total. The van der Waals surface area contributed by atoms with E-state index >= 15 is 0 Å². The summed E-state index contributed by atoms with van der Waals surface area (Å²) in [6, 6.07) is 11.0. The monoisotopic (exact) mass is 390 g/mol. The van der Waals surface area contributed by atoms with E-state index in [-0.39, 0.29) is 30.7 Å². The van der Waals surface area contributed by atoms with Crippen molar-refractivity contribution in [3.63, 3.8) is 0 Å². The largest absolute Gasteiger partial charge is 0.489 e. The van der Waals surface area contributed by atoms with Crippen molar-refractivity contribution >= 4 is 29.1 Å². The minimum Gasteiger partial charge on any atom is -0.489 e. The molecule has 0 spiro atoms. The third kappa shape index (κ3) is 4.39. The van der Waals surface area contributed by atoms with Gasteiger partial charge < -0.3 is 14.5 Å². The van der Waals surface area contributed by atoms with Gasteiger partial charge in [-0.3, -0.25) is 9.59 Å². The molecule has 1 aliphatic rings. The SMILES string of the molecule is CN(CCOc1ccccc1F)C(=O)c1ccc(Cl)cc1N1CCCC1=O. The third-order valence-electron chi connectivity index (χ3n) is 4.42. The Labute approximate surface area is 162 Å². The summed E-state index contributed by atoms with van der Waals surface area (Å²) in [5, 5.41) is 0.465. The van der Waals surface area contributed by atoms with Gasteiger partial charge >= 0.3 is 0 Å². The van der Waals surface area contributed by atoms with Crippen LogP contribution in [0.3, 0.4) is 0 Å². The van der Waals surface area contributed by atoms with E-state index in [1.165, 1.54) is 17.0 Å².